The molecule has 1 aromatic heterocycles. The molecular formula is C13H13NO3. The van der Waals surface area contributed by atoms with Gasteiger partial charge in [0.15, 0.2) is 0 Å². The third kappa shape index (κ3) is 1.93. The molecule has 0 radical (unpaired) electrons. The van der Waals surface area contributed by atoms with Crippen molar-refractivity contribution in [3.63, 3.8) is 0 Å². The van der Waals surface area contributed by atoms with Gasteiger partial charge in [0, 0.05) is 16.6 Å². The van der Waals surface area contributed by atoms with E-state index in [4.69, 9.17) is 4.74 Å². The van der Waals surface area contributed by atoms with E-state index in [9.17, 15) is 9.59 Å². The molecule has 4 heteroatoms. The molecule has 0 aliphatic rings. The van der Waals surface area contributed by atoms with Crippen molar-refractivity contribution in [2.24, 2.45) is 0 Å². The lowest BCUT2D eigenvalue weighted by Crippen LogP contribution is -2.20. The molecule has 0 fully saturated rings. The average Bonchev–Trinajstić information content (AvgIpc) is 2.29. The second-order valence-corrected chi connectivity index (χ2v) is 3.72. The summed E-state index contributed by atoms with van der Waals surface area (Å²) in [5.74, 6) is -0.572. The second kappa shape index (κ2) is 4.41. The quantitative estimate of drug-likeness (QED) is 0.804. The van der Waals surface area contributed by atoms with Gasteiger partial charge in [-0.05, 0) is 26.0 Å². The molecule has 1 N–H and O–H groups in total. The van der Waals surface area contributed by atoms with E-state index in [1.807, 2.05) is 6.07 Å². The maximum atomic E-state index is 12.1. The van der Waals surface area contributed by atoms with Gasteiger partial charge in [0.1, 0.15) is 5.56 Å². The van der Waals surface area contributed by atoms with Crippen molar-refractivity contribution in [3.05, 3.63) is 45.7 Å². The number of H-pyrrole nitrogens is 1. The van der Waals surface area contributed by atoms with Crippen LogP contribution in [0.5, 0.6) is 0 Å². The largest absolute Gasteiger partial charge is 0.462 e. The van der Waals surface area contributed by atoms with Crippen molar-refractivity contribution in [2.75, 3.05) is 6.61 Å². The zero-order valence-electron chi connectivity index (χ0n) is 9.74. The molecule has 2 rings (SSSR count). The first kappa shape index (κ1) is 11.4. The van der Waals surface area contributed by atoms with Gasteiger partial charge in [0.2, 0.25) is 5.43 Å². The molecule has 17 heavy (non-hydrogen) atoms. The first-order valence-corrected chi connectivity index (χ1v) is 5.44. The fourth-order valence-corrected chi connectivity index (χ4v) is 1.81. The number of carbonyl (C=O) groups excluding carboxylic acids is 1. The molecule has 1 heterocycles. The third-order valence-corrected chi connectivity index (χ3v) is 2.58. The molecule has 0 unspecified atom stereocenters. The summed E-state index contributed by atoms with van der Waals surface area (Å²) in [5, 5.41) is 0.501. The van der Waals surface area contributed by atoms with E-state index in [0.29, 0.717) is 11.1 Å². The number of rotatable bonds is 2. The van der Waals surface area contributed by atoms with Crippen molar-refractivity contribution >= 4 is 16.9 Å². The number of carbonyl (C=O) groups is 1. The molecule has 0 amide bonds. The predicted molar refractivity (Wildman–Crippen MR) is 65.3 cm³/mol. The number of para-hydroxylation sites is 1. The van der Waals surface area contributed by atoms with E-state index in [1.54, 1.807) is 32.0 Å². The number of ether oxygens (including phenoxy) is 1. The standard InChI is InChI=1S/C13H13NO3/c1-3-17-13(16)11-8(2)14-10-7-5-4-6-9(10)12(11)15/h4-7H,3H2,1-2H3,(H,14,15). The summed E-state index contributed by atoms with van der Waals surface area (Å²) in [6, 6.07) is 7.10. The number of aromatic amines is 1. The molecule has 0 aliphatic heterocycles. The molecule has 0 atom stereocenters. The minimum atomic E-state index is -0.572. The van der Waals surface area contributed by atoms with Gasteiger partial charge in [-0.2, -0.15) is 0 Å². The normalized spacial score (nSPS) is 10.5. The van der Waals surface area contributed by atoms with Crippen LogP contribution in [-0.4, -0.2) is 17.6 Å². The molecule has 0 aliphatic carbocycles. The van der Waals surface area contributed by atoms with Crippen LogP contribution >= 0.6 is 0 Å². The lowest BCUT2D eigenvalue weighted by molar-refractivity contribution is 0.0524. The number of hydrogen-bond acceptors (Lipinski definition) is 3. The predicted octanol–water partition coefficient (Wildman–Crippen LogP) is 2.01. The Morgan fingerprint density at radius 2 is 2.06 bits per heavy atom. The van der Waals surface area contributed by atoms with Crippen LogP contribution in [0.15, 0.2) is 29.1 Å². The SMILES string of the molecule is CCOC(=O)c1c(C)[nH]c2ccccc2c1=O. The summed E-state index contributed by atoms with van der Waals surface area (Å²) in [6.07, 6.45) is 0. The van der Waals surface area contributed by atoms with Gasteiger partial charge in [0.25, 0.3) is 0 Å². The van der Waals surface area contributed by atoms with Crippen molar-refractivity contribution < 1.29 is 9.53 Å². The van der Waals surface area contributed by atoms with Gasteiger partial charge < -0.3 is 9.72 Å². The molecule has 0 saturated heterocycles. The highest BCUT2D eigenvalue weighted by Gasteiger charge is 2.17. The van der Waals surface area contributed by atoms with Gasteiger partial charge >= 0.3 is 5.97 Å². The summed E-state index contributed by atoms with van der Waals surface area (Å²) in [6.45, 7) is 3.66. The number of pyridine rings is 1. The van der Waals surface area contributed by atoms with Gasteiger partial charge in [-0.15, -0.1) is 0 Å². The van der Waals surface area contributed by atoms with E-state index in [2.05, 4.69) is 4.98 Å². The second-order valence-electron chi connectivity index (χ2n) is 3.72. The van der Waals surface area contributed by atoms with Crippen molar-refractivity contribution in [2.45, 2.75) is 13.8 Å². The highest BCUT2D eigenvalue weighted by atomic mass is 16.5. The number of aryl methyl sites for hydroxylation is 1. The lowest BCUT2D eigenvalue weighted by atomic mass is 10.1. The Bertz CT molecular complexity index is 628. The molecule has 0 bridgehead atoms. The number of nitrogens with one attached hydrogen (secondary N) is 1. The molecule has 2 aromatic rings. The first-order valence-electron chi connectivity index (χ1n) is 5.44. The molecule has 0 spiro atoms. The van der Waals surface area contributed by atoms with Crippen molar-refractivity contribution in [1.82, 2.24) is 4.98 Å². The van der Waals surface area contributed by atoms with Crippen LogP contribution in [0.4, 0.5) is 0 Å². The van der Waals surface area contributed by atoms with E-state index >= 15 is 0 Å². The fourth-order valence-electron chi connectivity index (χ4n) is 1.81. The number of benzene rings is 1. The minimum absolute atomic E-state index is 0.0885. The van der Waals surface area contributed by atoms with Gasteiger partial charge in [0.05, 0.1) is 6.61 Å². The average molecular weight is 231 g/mol. The highest BCUT2D eigenvalue weighted by molar-refractivity contribution is 5.94. The Hall–Kier alpha value is -2.10. The Morgan fingerprint density at radius 1 is 1.35 bits per heavy atom. The van der Waals surface area contributed by atoms with Gasteiger partial charge in [-0.1, -0.05) is 12.1 Å². The zero-order valence-corrected chi connectivity index (χ0v) is 9.74. The summed E-state index contributed by atoms with van der Waals surface area (Å²) in [4.78, 5) is 26.9. The van der Waals surface area contributed by atoms with Crippen LogP contribution in [0.25, 0.3) is 10.9 Å². The van der Waals surface area contributed by atoms with Crippen LogP contribution < -0.4 is 5.43 Å². The van der Waals surface area contributed by atoms with Crippen LogP contribution in [0.1, 0.15) is 23.0 Å². The molecule has 4 nitrogen and oxygen atoms in total. The number of aromatic nitrogens is 1. The molecule has 88 valence electrons. The van der Waals surface area contributed by atoms with Gasteiger partial charge in [-0.3, -0.25) is 4.79 Å². The third-order valence-electron chi connectivity index (χ3n) is 2.58. The zero-order chi connectivity index (χ0) is 12.4. The summed E-state index contributed by atoms with van der Waals surface area (Å²) < 4.78 is 4.88. The Kier molecular flexibility index (Phi) is 2.95. The molecular weight excluding hydrogens is 218 g/mol. The van der Waals surface area contributed by atoms with Crippen LogP contribution in [-0.2, 0) is 4.74 Å². The van der Waals surface area contributed by atoms with E-state index < -0.39 is 5.97 Å². The monoisotopic (exact) mass is 231 g/mol. The van der Waals surface area contributed by atoms with E-state index in [-0.39, 0.29) is 17.6 Å². The smallest absolute Gasteiger partial charge is 0.343 e. The van der Waals surface area contributed by atoms with Crippen LogP contribution in [0, 0.1) is 6.92 Å². The number of fused-ring (bicyclic) bond motifs is 1. The fraction of sp³-hybridized carbons (Fsp3) is 0.231. The summed E-state index contributed by atoms with van der Waals surface area (Å²) in [7, 11) is 0. The summed E-state index contributed by atoms with van der Waals surface area (Å²) >= 11 is 0. The van der Waals surface area contributed by atoms with E-state index in [0.717, 1.165) is 5.52 Å². The summed E-state index contributed by atoms with van der Waals surface area (Å²) in [5.41, 5.74) is 1.07. The topological polar surface area (TPSA) is 59.2 Å². The maximum absolute atomic E-state index is 12.1. The lowest BCUT2D eigenvalue weighted by Gasteiger charge is -2.06. The molecule has 0 saturated carbocycles. The van der Waals surface area contributed by atoms with Crippen LogP contribution in [0.3, 0.4) is 0 Å². The Balaban J connectivity index is 2.72. The molecule has 1 aromatic carbocycles. The van der Waals surface area contributed by atoms with Gasteiger partial charge in [-0.25, -0.2) is 4.79 Å². The Morgan fingerprint density at radius 3 is 2.76 bits per heavy atom. The van der Waals surface area contributed by atoms with E-state index in [1.165, 1.54) is 0 Å². The van der Waals surface area contributed by atoms with Crippen LogP contribution in [0.2, 0.25) is 0 Å². The van der Waals surface area contributed by atoms with Crippen molar-refractivity contribution in [1.29, 1.82) is 0 Å². The number of esters is 1. The highest BCUT2D eigenvalue weighted by Crippen LogP contribution is 2.11. The number of hydrogen-bond donors (Lipinski definition) is 1. The first-order chi connectivity index (χ1) is 8.15. The maximum Gasteiger partial charge on any atom is 0.343 e. The minimum Gasteiger partial charge on any atom is -0.462 e. The van der Waals surface area contributed by atoms with Crippen molar-refractivity contribution in [3.8, 4) is 0 Å². The Labute approximate surface area is 98.2 Å².